The van der Waals surface area contributed by atoms with E-state index in [9.17, 15) is 9.90 Å². The first-order chi connectivity index (χ1) is 15.0. The molecule has 7 heteroatoms. The molecule has 31 heavy (non-hydrogen) atoms. The second kappa shape index (κ2) is 8.99. The number of carboxylic acids is 1. The summed E-state index contributed by atoms with van der Waals surface area (Å²) in [4.78, 5) is 26.4. The minimum absolute atomic E-state index is 0.121. The SMILES string of the molecule is CCC(C(c1ccc2nc(-c3cccc(C(=O)O)c3)sc2c1)c1ncc[nH]1)N(C)CC. The van der Waals surface area contributed by atoms with Gasteiger partial charge in [0.2, 0.25) is 0 Å². The molecule has 2 N–H and O–H groups in total. The van der Waals surface area contributed by atoms with E-state index in [2.05, 4.69) is 54.0 Å². The van der Waals surface area contributed by atoms with Crippen LogP contribution in [0.15, 0.2) is 54.9 Å². The summed E-state index contributed by atoms with van der Waals surface area (Å²) in [5.41, 5.74) is 3.20. The summed E-state index contributed by atoms with van der Waals surface area (Å²) in [5.74, 6) is 0.151. The van der Waals surface area contributed by atoms with Crippen molar-refractivity contribution in [2.75, 3.05) is 13.6 Å². The second-order valence-corrected chi connectivity index (χ2v) is 8.66. The van der Waals surface area contributed by atoms with Gasteiger partial charge in [0.25, 0.3) is 0 Å². The van der Waals surface area contributed by atoms with Gasteiger partial charge in [-0.1, -0.05) is 32.0 Å². The predicted molar refractivity (Wildman–Crippen MR) is 125 cm³/mol. The average Bonchev–Trinajstić information content (AvgIpc) is 3.46. The zero-order valence-corrected chi connectivity index (χ0v) is 18.7. The van der Waals surface area contributed by atoms with Gasteiger partial charge in [-0.15, -0.1) is 11.3 Å². The van der Waals surface area contributed by atoms with Gasteiger partial charge in [-0.25, -0.2) is 14.8 Å². The molecular formula is C24H26N4O2S. The molecule has 2 aromatic heterocycles. The Morgan fingerprint density at radius 3 is 2.74 bits per heavy atom. The van der Waals surface area contributed by atoms with Crippen LogP contribution in [0.5, 0.6) is 0 Å². The first-order valence-corrected chi connectivity index (χ1v) is 11.3. The van der Waals surface area contributed by atoms with Crippen molar-refractivity contribution in [3.05, 3.63) is 71.8 Å². The number of thiazole rings is 1. The summed E-state index contributed by atoms with van der Waals surface area (Å²) in [6.07, 6.45) is 4.68. The topological polar surface area (TPSA) is 82.1 Å². The molecule has 0 radical (unpaired) electrons. The maximum atomic E-state index is 11.3. The maximum absolute atomic E-state index is 11.3. The molecule has 160 valence electrons. The smallest absolute Gasteiger partial charge is 0.335 e. The largest absolute Gasteiger partial charge is 0.478 e. The summed E-state index contributed by atoms with van der Waals surface area (Å²) in [6, 6.07) is 13.6. The number of carbonyl (C=O) groups is 1. The number of carboxylic acid groups (broad SMARTS) is 1. The molecule has 2 unspecified atom stereocenters. The van der Waals surface area contributed by atoms with Gasteiger partial charge in [-0.3, -0.25) is 0 Å². The van der Waals surface area contributed by atoms with Crippen molar-refractivity contribution >= 4 is 27.5 Å². The summed E-state index contributed by atoms with van der Waals surface area (Å²) in [5, 5.41) is 10.1. The van der Waals surface area contributed by atoms with Crippen LogP contribution in [0.2, 0.25) is 0 Å². The molecule has 0 aliphatic carbocycles. The van der Waals surface area contributed by atoms with Gasteiger partial charge in [-0.05, 0) is 49.8 Å². The Bertz CT molecular complexity index is 1190. The summed E-state index contributed by atoms with van der Waals surface area (Å²) < 4.78 is 1.08. The van der Waals surface area contributed by atoms with Crippen LogP contribution >= 0.6 is 11.3 Å². The van der Waals surface area contributed by atoms with Gasteiger partial charge in [0.1, 0.15) is 10.8 Å². The molecule has 0 fully saturated rings. The standard InChI is InChI=1S/C24H26N4O2S/c1-4-19(28(3)5-2)21(22-25-11-12-26-22)15-9-10-18-20(14-15)31-23(27-18)16-7-6-8-17(13-16)24(29)30/h6-14,19,21H,4-5H2,1-3H3,(H,25,26)(H,29,30). The van der Waals surface area contributed by atoms with E-state index >= 15 is 0 Å². The van der Waals surface area contributed by atoms with Crippen molar-refractivity contribution in [2.24, 2.45) is 0 Å². The second-order valence-electron chi connectivity index (χ2n) is 7.63. The molecule has 0 aliphatic heterocycles. The number of nitrogens with zero attached hydrogens (tertiary/aromatic N) is 3. The highest BCUT2D eigenvalue weighted by molar-refractivity contribution is 7.21. The minimum Gasteiger partial charge on any atom is -0.478 e. The summed E-state index contributed by atoms with van der Waals surface area (Å²) >= 11 is 1.58. The molecule has 0 saturated heterocycles. The van der Waals surface area contributed by atoms with E-state index in [0.717, 1.165) is 39.6 Å². The van der Waals surface area contributed by atoms with Gasteiger partial charge in [0.05, 0.1) is 21.7 Å². The first-order valence-electron chi connectivity index (χ1n) is 10.5. The molecule has 4 aromatic rings. The quantitative estimate of drug-likeness (QED) is 0.396. The van der Waals surface area contributed by atoms with E-state index in [4.69, 9.17) is 4.98 Å². The lowest BCUT2D eigenvalue weighted by Crippen LogP contribution is -2.37. The number of aromatic amines is 1. The van der Waals surface area contributed by atoms with Crippen molar-refractivity contribution < 1.29 is 9.90 Å². The Hall–Kier alpha value is -3.03. The number of aromatic nitrogens is 3. The zero-order chi connectivity index (χ0) is 22.0. The lowest BCUT2D eigenvalue weighted by molar-refractivity contribution is 0.0697. The molecule has 0 aliphatic rings. The van der Waals surface area contributed by atoms with Gasteiger partial charge in [0.15, 0.2) is 0 Å². The van der Waals surface area contributed by atoms with Crippen LogP contribution in [-0.2, 0) is 0 Å². The average molecular weight is 435 g/mol. The van der Waals surface area contributed by atoms with E-state index in [-0.39, 0.29) is 11.5 Å². The Kier molecular flexibility index (Phi) is 6.15. The number of fused-ring (bicyclic) bond motifs is 1. The maximum Gasteiger partial charge on any atom is 0.335 e. The lowest BCUT2D eigenvalue weighted by atomic mass is 9.88. The first kappa shape index (κ1) is 21.2. The third kappa shape index (κ3) is 4.24. The fourth-order valence-corrected chi connectivity index (χ4v) is 5.10. The molecule has 0 amide bonds. The predicted octanol–water partition coefficient (Wildman–Crippen LogP) is 5.25. The van der Waals surface area contributed by atoms with Crippen molar-refractivity contribution in [2.45, 2.75) is 32.2 Å². The van der Waals surface area contributed by atoms with E-state index in [1.807, 2.05) is 12.3 Å². The van der Waals surface area contributed by atoms with Crippen LogP contribution in [-0.4, -0.2) is 50.6 Å². The molecule has 0 saturated carbocycles. The van der Waals surface area contributed by atoms with Crippen LogP contribution in [0.25, 0.3) is 20.8 Å². The van der Waals surface area contributed by atoms with Crippen LogP contribution < -0.4 is 0 Å². The number of hydrogen-bond acceptors (Lipinski definition) is 5. The zero-order valence-electron chi connectivity index (χ0n) is 17.9. The molecule has 4 rings (SSSR count). The van der Waals surface area contributed by atoms with Crippen LogP contribution in [0.1, 0.15) is 47.9 Å². The Morgan fingerprint density at radius 1 is 1.23 bits per heavy atom. The number of rotatable bonds is 8. The number of hydrogen-bond donors (Lipinski definition) is 2. The van der Waals surface area contributed by atoms with E-state index in [0.29, 0.717) is 6.04 Å². The molecule has 0 spiro atoms. The Labute approximate surface area is 185 Å². The minimum atomic E-state index is -0.933. The molecule has 2 aromatic carbocycles. The molecule has 2 atom stereocenters. The molecule has 6 nitrogen and oxygen atoms in total. The molecule has 0 bridgehead atoms. The van der Waals surface area contributed by atoms with Crippen molar-refractivity contribution in [1.29, 1.82) is 0 Å². The molecular weight excluding hydrogens is 408 g/mol. The normalized spacial score (nSPS) is 13.5. The van der Waals surface area contributed by atoms with Gasteiger partial charge < -0.3 is 15.0 Å². The van der Waals surface area contributed by atoms with E-state index < -0.39 is 5.97 Å². The Balaban J connectivity index is 1.77. The Morgan fingerprint density at radius 2 is 2.06 bits per heavy atom. The van der Waals surface area contributed by atoms with Gasteiger partial charge >= 0.3 is 5.97 Å². The van der Waals surface area contributed by atoms with Crippen LogP contribution in [0.3, 0.4) is 0 Å². The third-order valence-corrected chi connectivity index (χ3v) is 6.88. The highest BCUT2D eigenvalue weighted by Crippen LogP contribution is 2.36. The van der Waals surface area contributed by atoms with Gasteiger partial charge in [-0.2, -0.15) is 0 Å². The highest BCUT2D eigenvalue weighted by Gasteiger charge is 2.28. The fraction of sp³-hybridized carbons (Fsp3) is 0.292. The van der Waals surface area contributed by atoms with E-state index in [1.165, 1.54) is 5.56 Å². The summed E-state index contributed by atoms with van der Waals surface area (Å²) in [7, 11) is 2.16. The number of imidazole rings is 1. The third-order valence-electron chi connectivity index (χ3n) is 5.81. The number of likely N-dealkylation sites (N-methyl/N-ethyl adjacent to an activating group) is 1. The summed E-state index contributed by atoms with van der Waals surface area (Å²) in [6.45, 7) is 5.35. The lowest BCUT2D eigenvalue weighted by Gasteiger charge is -2.32. The van der Waals surface area contributed by atoms with Crippen LogP contribution in [0.4, 0.5) is 0 Å². The molecule has 2 heterocycles. The number of aromatic carboxylic acids is 1. The van der Waals surface area contributed by atoms with Gasteiger partial charge in [0, 0.05) is 24.0 Å². The fourth-order valence-electron chi connectivity index (χ4n) is 4.09. The van der Waals surface area contributed by atoms with Crippen LogP contribution in [0, 0.1) is 0 Å². The van der Waals surface area contributed by atoms with E-state index in [1.54, 1.807) is 35.7 Å². The monoisotopic (exact) mass is 434 g/mol. The van der Waals surface area contributed by atoms with Crippen molar-refractivity contribution in [3.63, 3.8) is 0 Å². The number of benzene rings is 2. The van der Waals surface area contributed by atoms with Crippen molar-refractivity contribution in [1.82, 2.24) is 19.9 Å². The van der Waals surface area contributed by atoms with Crippen molar-refractivity contribution in [3.8, 4) is 10.6 Å². The highest BCUT2D eigenvalue weighted by atomic mass is 32.1. The number of H-pyrrole nitrogens is 1. The number of nitrogens with one attached hydrogen (secondary N) is 1.